The molecule has 10 nitrogen and oxygen atoms in total. The number of aromatic nitrogens is 2. The van der Waals surface area contributed by atoms with Crippen molar-refractivity contribution in [1.29, 1.82) is 0 Å². The van der Waals surface area contributed by atoms with Gasteiger partial charge < -0.3 is 10.6 Å². The summed E-state index contributed by atoms with van der Waals surface area (Å²) in [4.78, 5) is 22.7. The number of amides is 1. The van der Waals surface area contributed by atoms with Gasteiger partial charge in [0.25, 0.3) is 11.6 Å². The highest BCUT2D eigenvalue weighted by Gasteiger charge is 2.18. The largest absolute Gasteiger partial charge is 0.378 e. The fourth-order valence-electron chi connectivity index (χ4n) is 2.71. The van der Waals surface area contributed by atoms with E-state index >= 15 is 0 Å². The Bertz CT molecular complexity index is 1240. The number of rotatable bonds is 8. The van der Waals surface area contributed by atoms with Crippen LogP contribution in [-0.2, 0) is 9.84 Å². The number of nitrogens with one attached hydrogen (secondary N) is 2. The first-order valence-electron chi connectivity index (χ1n) is 8.97. The second-order valence-electron chi connectivity index (χ2n) is 6.52. The Balaban J connectivity index is 1.59. The van der Waals surface area contributed by atoms with Crippen LogP contribution in [0.4, 0.5) is 11.4 Å². The topological polar surface area (TPSA) is 136 Å². The van der Waals surface area contributed by atoms with E-state index in [9.17, 15) is 23.3 Å². The van der Waals surface area contributed by atoms with Gasteiger partial charge in [0.15, 0.2) is 15.5 Å². The number of nitrogens with zero attached hydrogens (tertiary/aromatic N) is 3. The predicted molar refractivity (Wildman–Crippen MR) is 116 cm³/mol. The summed E-state index contributed by atoms with van der Waals surface area (Å²) < 4.78 is 24.7. The van der Waals surface area contributed by atoms with E-state index in [0.717, 1.165) is 12.3 Å². The maximum Gasteiger partial charge on any atom is 0.293 e. The molecule has 0 aliphatic heterocycles. The quantitative estimate of drug-likeness (QED) is 0.297. The summed E-state index contributed by atoms with van der Waals surface area (Å²) in [6.07, 6.45) is 2.61. The zero-order valence-corrected chi connectivity index (χ0v) is 17.9. The van der Waals surface area contributed by atoms with Gasteiger partial charge in [-0.2, -0.15) is 5.10 Å². The number of carbonyl (C=O) groups is 1. The molecule has 3 rings (SSSR count). The van der Waals surface area contributed by atoms with Crippen LogP contribution < -0.4 is 10.6 Å². The van der Waals surface area contributed by atoms with Gasteiger partial charge in [-0.05, 0) is 36.4 Å². The maximum absolute atomic E-state index is 12.3. The number of hydrogen-bond donors (Lipinski definition) is 2. The molecule has 0 atom stereocenters. The molecule has 1 heterocycles. The third kappa shape index (κ3) is 5.58. The van der Waals surface area contributed by atoms with Crippen molar-refractivity contribution in [1.82, 2.24) is 15.1 Å². The Labute approximate surface area is 182 Å². The molecule has 1 aromatic heterocycles. The Morgan fingerprint density at radius 1 is 1.19 bits per heavy atom. The number of benzene rings is 2. The predicted octanol–water partition coefficient (Wildman–Crippen LogP) is 2.68. The molecular weight excluding hydrogens is 446 g/mol. The van der Waals surface area contributed by atoms with Gasteiger partial charge in [-0.25, -0.2) is 13.1 Å². The molecule has 0 radical (unpaired) electrons. The summed E-state index contributed by atoms with van der Waals surface area (Å²) >= 11 is 5.96. The summed E-state index contributed by atoms with van der Waals surface area (Å²) in [5.74, 6) is -0.412. The van der Waals surface area contributed by atoms with Gasteiger partial charge in [0.1, 0.15) is 5.69 Å². The normalized spacial score (nSPS) is 11.2. The number of nitro benzene ring substituents is 1. The number of carbonyl (C=O) groups excluding carboxylic acids is 1. The van der Waals surface area contributed by atoms with Crippen molar-refractivity contribution in [2.45, 2.75) is 4.90 Å². The fourth-order valence-corrected chi connectivity index (χ4v) is 3.54. The highest BCUT2D eigenvalue weighted by molar-refractivity contribution is 7.90. The molecule has 3 aromatic rings. The van der Waals surface area contributed by atoms with Crippen molar-refractivity contribution in [3.05, 3.63) is 75.6 Å². The van der Waals surface area contributed by atoms with Crippen LogP contribution >= 0.6 is 11.6 Å². The lowest BCUT2D eigenvalue weighted by atomic mass is 10.2. The fraction of sp³-hybridized carbons (Fsp3) is 0.158. The summed E-state index contributed by atoms with van der Waals surface area (Å²) in [5, 5.41) is 21.5. The molecule has 12 heteroatoms. The van der Waals surface area contributed by atoms with Gasteiger partial charge in [-0.1, -0.05) is 17.7 Å². The minimum atomic E-state index is -3.57. The SMILES string of the molecule is CS(=O)(=O)c1ccc(NCCNC(=O)c2ccn(-c3cccc(Cl)c3)n2)c([N+](=O)[O-])c1. The van der Waals surface area contributed by atoms with Gasteiger partial charge in [-0.3, -0.25) is 14.9 Å². The molecule has 0 saturated carbocycles. The van der Waals surface area contributed by atoms with Gasteiger partial charge in [-0.15, -0.1) is 0 Å². The average molecular weight is 464 g/mol. The molecule has 0 bridgehead atoms. The van der Waals surface area contributed by atoms with Crippen molar-refractivity contribution in [2.24, 2.45) is 0 Å². The first-order valence-corrected chi connectivity index (χ1v) is 11.2. The minimum absolute atomic E-state index is 0.145. The lowest BCUT2D eigenvalue weighted by molar-refractivity contribution is -0.384. The molecule has 0 fully saturated rings. The molecule has 1 amide bonds. The minimum Gasteiger partial charge on any atom is -0.378 e. The summed E-state index contributed by atoms with van der Waals surface area (Å²) in [6, 6.07) is 12.2. The van der Waals surface area contributed by atoms with E-state index in [4.69, 9.17) is 11.6 Å². The number of anilines is 1. The molecular formula is C19H18ClN5O5S. The average Bonchev–Trinajstić information content (AvgIpc) is 3.20. The third-order valence-corrected chi connectivity index (χ3v) is 5.56. The first-order chi connectivity index (χ1) is 14.6. The third-order valence-electron chi connectivity index (χ3n) is 4.21. The molecule has 162 valence electrons. The highest BCUT2D eigenvalue weighted by Crippen LogP contribution is 2.27. The van der Waals surface area contributed by atoms with Crippen LogP contribution in [0, 0.1) is 10.1 Å². The molecule has 2 N–H and O–H groups in total. The summed E-state index contributed by atoms with van der Waals surface area (Å²) in [5.41, 5.74) is 0.688. The molecule has 31 heavy (non-hydrogen) atoms. The molecule has 0 saturated heterocycles. The Morgan fingerprint density at radius 3 is 2.65 bits per heavy atom. The van der Waals surface area contributed by atoms with E-state index < -0.39 is 20.7 Å². The van der Waals surface area contributed by atoms with Crippen molar-refractivity contribution < 1.29 is 18.1 Å². The maximum atomic E-state index is 12.3. The zero-order chi connectivity index (χ0) is 22.6. The van der Waals surface area contributed by atoms with Crippen LogP contribution in [0.3, 0.4) is 0 Å². The Hall–Kier alpha value is -3.44. The van der Waals surface area contributed by atoms with E-state index in [-0.39, 0.29) is 35.1 Å². The lowest BCUT2D eigenvalue weighted by Gasteiger charge is -2.09. The molecule has 2 aromatic carbocycles. The number of hydrogen-bond acceptors (Lipinski definition) is 7. The first kappa shape index (κ1) is 22.2. The standard InChI is InChI=1S/C19H18ClN5O5S/c1-31(29,30)15-5-6-16(18(12-15)25(27)28)21-8-9-22-19(26)17-7-10-24(23-17)14-4-2-3-13(20)11-14/h2-7,10-12,21H,8-9H2,1H3,(H,22,26). The summed E-state index contributed by atoms with van der Waals surface area (Å²) in [7, 11) is -3.57. The lowest BCUT2D eigenvalue weighted by Crippen LogP contribution is -2.29. The molecule has 0 aliphatic carbocycles. The van der Waals surface area contributed by atoms with Crippen LogP contribution in [-0.4, -0.2) is 48.4 Å². The Kier molecular flexibility index (Phi) is 6.56. The number of sulfone groups is 1. The smallest absolute Gasteiger partial charge is 0.293 e. The molecule has 0 aliphatic rings. The highest BCUT2D eigenvalue weighted by atomic mass is 35.5. The van der Waals surface area contributed by atoms with Crippen LogP contribution in [0.15, 0.2) is 59.6 Å². The molecule has 0 spiro atoms. The van der Waals surface area contributed by atoms with Gasteiger partial charge in [0, 0.05) is 36.6 Å². The van der Waals surface area contributed by atoms with Crippen molar-refractivity contribution in [2.75, 3.05) is 24.7 Å². The van der Waals surface area contributed by atoms with Crippen molar-refractivity contribution >= 4 is 38.7 Å². The van der Waals surface area contributed by atoms with Crippen LogP contribution in [0.2, 0.25) is 5.02 Å². The van der Waals surface area contributed by atoms with Gasteiger partial charge in [0.05, 0.1) is 15.5 Å². The van der Waals surface area contributed by atoms with E-state index in [1.54, 1.807) is 36.5 Å². The van der Waals surface area contributed by atoms with Crippen molar-refractivity contribution in [3.8, 4) is 5.69 Å². The van der Waals surface area contributed by atoms with E-state index in [1.165, 1.54) is 16.8 Å². The van der Waals surface area contributed by atoms with Gasteiger partial charge in [0.2, 0.25) is 0 Å². The van der Waals surface area contributed by atoms with E-state index in [2.05, 4.69) is 15.7 Å². The van der Waals surface area contributed by atoms with Crippen LogP contribution in [0.25, 0.3) is 5.69 Å². The Morgan fingerprint density at radius 2 is 1.97 bits per heavy atom. The molecule has 0 unspecified atom stereocenters. The number of halogens is 1. The van der Waals surface area contributed by atoms with E-state index in [0.29, 0.717) is 10.7 Å². The number of nitro groups is 1. The zero-order valence-electron chi connectivity index (χ0n) is 16.3. The van der Waals surface area contributed by atoms with E-state index in [1.807, 2.05) is 0 Å². The van der Waals surface area contributed by atoms with Gasteiger partial charge >= 0.3 is 0 Å². The van der Waals surface area contributed by atoms with Crippen LogP contribution in [0.5, 0.6) is 0 Å². The second-order valence-corrected chi connectivity index (χ2v) is 8.97. The monoisotopic (exact) mass is 463 g/mol. The summed E-state index contributed by atoms with van der Waals surface area (Å²) in [6.45, 7) is 0.341. The second kappa shape index (κ2) is 9.14. The van der Waals surface area contributed by atoms with Crippen LogP contribution in [0.1, 0.15) is 10.5 Å². The van der Waals surface area contributed by atoms with Crippen molar-refractivity contribution in [3.63, 3.8) is 0 Å².